The molecule has 0 saturated heterocycles. The first kappa shape index (κ1) is 31.1. The lowest BCUT2D eigenvalue weighted by Crippen LogP contribution is -2.27. The Bertz CT molecular complexity index is 1660. The SMILES string of the molecule is C#CCC/C=C1\Cn2c(cc(C=C)c2C=C(C)C)C(c2cccc(C(=C)/C=C(\C=C/C)/C=C/N3CCC=CC3=NC)c2)=N1. The molecule has 2 aromatic rings. The van der Waals surface area contributed by atoms with Crippen LogP contribution in [-0.4, -0.2) is 34.6 Å². The summed E-state index contributed by atoms with van der Waals surface area (Å²) in [4.78, 5) is 11.7. The van der Waals surface area contributed by atoms with Crippen LogP contribution in [0, 0.1) is 12.3 Å². The Balaban J connectivity index is 1.73. The first-order valence-corrected chi connectivity index (χ1v) is 14.8. The Labute approximate surface area is 258 Å². The van der Waals surface area contributed by atoms with E-state index in [-0.39, 0.29) is 0 Å². The maximum Gasteiger partial charge on any atom is 0.126 e. The van der Waals surface area contributed by atoms with Crippen LogP contribution in [0.4, 0.5) is 0 Å². The first-order chi connectivity index (χ1) is 20.9. The number of allylic oxidation sites excluding steroid dienone is 9. The van der Waals surface area contributed by atoms with Gasteiger partial charge < -0.3 is 9.47 Å². The zero-order chi connectivity index (χ0) is 30.8. The Kier molecular flexibility index (Phi) is 10.7. The number of rotatable bonds is 10. The van der Waals surface area contributed by atoms with Crippen LogP contribution in [0.5, 0.6) is 0 Å². The second-order valence-electron chi connectivity index (χ2n) is 10.8. The minimum Gasteiger partial charge on any atom is -0.333 e. The van der Waals surface area contributed by atoms with Crippen molar-refractivity contribution in [3.8, 4) is 12.3 Å². The van der Waals surface area contributed by atoms with Gasteiger partial charge in [-0.25, -0.2) is 4.99 Å². The minimum absolute atomic E-state index is 0.692. The summed E-state index contributed by atoms with van der Waals surface area (Å²) in [5.41, 5.74) is 10.6. The molecule has 0 aliphatic carbocycles. The van der Waals surface area contributed by atoms with Crippen LogP contribution in [0.15, 0.2) is 119 Å². The van der Waals surface area contributed by atoms with Crippen LogP contribution < -0.4 is 0 Å². The molecule has 0 unspecified atom stereocenters. The van der Waals surface area contributed by atoms with Crippen LogP contribution in [0.25, 0.3) is 17.7 Å². The standard InChI is InChI=1S/C39H42N4/c1-8-11-12-19-35-28-43-36(24-29(4)5)32(10-3)27-37(43)39(41-35)34-18-15-17-33(26-34)30(6)25-31(16-9-2)21-23-42-22-14-13-20-38(42)40-7/h1,9-10,13,15-21,23-27H,3,6,11-12,14,22,28H2,2,4-5,7H3/b16-9-,23-21+,31-25+,35-19+,40-38?. The zero-order valence-electron chi connectivity index (χ0n) is 26.0. The molecule has 4 rings (SSSR count). The summed E-state index contributed by atoms with van der Waals surface area (Å²) >= 11 is 0. The molecule has 4 heteroatoms. The fraction of sp³-hybridized carbons (Fsp3) is 0.231. The molecule has 0 atom stereocenters. The van der Waals surface area contributed by atoms with Crippen LogP contribution in [0.2, 0.25) is 0 Å². The number of amidine groups is 1. The van der Waals surface area contributed by atoms with E-state index in [0.717, 1.165) is 75.9 Å². The van der Waals surface area contributed by atoms with E-state index in [1.54, 1.807) is 0 Å². The molecule has 0 saturated carbocycles. The summed E-state index contributed by atoms with van der Waals surface area (Å²) in [6.07, 6.45) is 29.1. The molecule has 1 aromatic heterocycles. The Morgan fingerprint density at radius 2 is 2.05 bits per heavy atom. The molecule has 218 valence electrons. The lowest BCUT2D eigenvalue weighted by Gasteiger charge is -2.22. The van der Waals surface area contributed by atoms with Crippen molar-refractivity contribution in [1.29, 1.82) is 0 Å². The maximum absolute atomic E-state index is 5.54. The molecule has 43 heavy (non-hydrogen) atoms. The summed E-state index contributed by atoms with van der Waals surface area (Å²) in [5, 5.41) is 0. The van der Waals surface area contributed by atoms with Crippen LogP contribution in [0.1, 0.15) is 68.1 Å². The molecule has 0 spiro atoms. The maximum atomic E-state index is 5.54. The zero-order valence-corrected chi connectivity index (χ0v) is 26.0. The van der Waals surface area contributed by atoms with E-state index >= 15 is 0 Å². The molecule has 4 nitrogen and oxygen atoms in total. The van der Waals surface area contributed by atoms with Crippen LogP contribution >= 0.6 is 0 Å². The van der Waals surface area contributed by atoms with Crippen molar-refractivity contribution < 1.29 is 0 Å². The summed E-state index contributed by atoms with van der Waals surface area (Å²) in [5.74, 6) is 3.70. The van der Waals surface area contributed by atoms with Gasteiger partial charge in [-0.1, -0.05) is 67.3 Å². The summed E-state index contributed by atoms with van der Waals surface area (Å²) in [6.45, 7) is 16.4. The van der Waals surface area contributed by atoms with Crippen molar-refractivity contribution in [2.45, 2.75) is 46.6 Å². The molecule has 2 aliphatic heterocycles. The number of aromatic nitrogens is 1. The van der Waals surface area contributed by atoms with Crippen molar-refractivity contribution in [2.75, 3.05) is 13.6 Å². The lowest BCUT2D eigenvalue weighted by molar-refractivity contribution is 0.555. The van der Waals surface area contributed by atoms with Crippen molar-refractivity contribution in [3.63, 3.8) is 0 Å². The third-order valence-electron chi connectivity index (χ3n) is 7.28. The van der Waals surface area contributed by atoms with Crippen LogP contribution in [-0.2, 0) is 6.54 Å². The normalized spacial score (nSPS) is 17.0. The van der Waals surface area contributed by atoms with Gasteiger partial charge in [0.2, 0.25) is 0 Å². The van der Waals surface area contributed by atoms with E-state index in [9.17, 15) is 0 Å². The lowest BCUT2D eigenvalue weighted by atomic mass is 9.98. The van der Waals surface area contributed by atoms with E-state index < -0.39 is 0 Å². The molecule has 0 bridgehead atoms. The molecular formula is C39H42N4. The number of terminal acetylenes is 1. The fourth-order valence-electron chi connectivity index (χ4n) is 5.23. The average molecular weight is 567 g/mol. The van der Waals surface area contributed by atoms with Gasteiger partial charge in [0.1, 0.15) is 5.84 Å². The van der Waals surface area contributed by atoms with Gasteiger partial charge in [-0.15, -0.1) is 12.3 Å². The van der Waals surface area contributed by atoms with Gasteiger partial charge >= 0.3 is 0 Å². The van der Waals surface area contributed by atoms with Gasteiger partial charge in [0.25, 0.3) is 0 Å². The molecule has 3 heterocycles. The molecule has 0 N–H and O–H groups in total. The molecular weight excluding hydrogens is 524 g/mol. The number of nitrogens with zero attached hydrogens (tertiary/aromatic N) is 4. The largest absolute Gasteiger partial charge is 0.333 e. The van der Waals surface area contributed by atoms with Crippen molar-refractivity contribution in [2.24, 2.45) is 9.98 Å². The van der Waals surface area contributed by atoms with Gasteiger partial charge in [-0.05, 0) is 92.3 Å². The van der Waals surface area contributed by atoms with E-state index in [1.807, 2.05) is 26.1 Å². The molecule has 0 radical (unpaired) electrons. The molecule has 2 aliphatic rings. The van der Waals surface area contributed by atoms with E-state index in [0.29, 0.717) is 13.0 Å². The van der Waals surface area contributed by atoms with Gasteiger partial charge in [0.15, 0.2) is 0 Å². The highest BCUT2D eigenvalue weighted by atomic mass is 15.2. The highest BCUT2D eigenvalue weighted by Gasteiger charge is 2.23. The molecule has 1 aromatic carbocycles. The number of hydrogen-bond donors (Lipinski definition) is 0. The number of fused-ring (bicyclic) bond motifs is 1. The Hall–Kier alpha value is -4.88. The minimum atomic E-state index is 0.692. The topological polar surface area (TPSA) is 32.9 Å². The highest BCUT2D eigenvalue weighted by molar-refractivity contribution is 6.14. The summed E-state index contributed by atoms with van der Waals surface area (Å²) < 4.78 is 2.34. The predicted octanol–water partition coefficient (Wildman–Crippen LogP) is 9.02. The fourth-order valence-corrected chi connectivity index (χ4v) is 5.23. The van der Waals surface area contributed by atoms with Crippen molar-refractivity contribution in [1.82, 2.24) is 9.47 Å². The monoisotopic (exact) mass is 566 g/mol. The van der Waals surface area contributed by atoms with Crippen LogP contribution in [0.3, 0.4) is 0 Å². The third-order valence-corrected chi connectivity index (χ3v) is 7.28. The van der Waals surface area contributed by atoms with Gasteiger partial charge in [0.05, 0.1) is 23.6 Å². The number of benzene rings is 1. The van der Waals surface area contributed by atoms with Crippen molar-refractivity contribution in [3.05, 3.63) is 137 Å². The smallest absolute Gasteiger partial charge is 0.126 e. The van der Waals surface area contributed by atoms with Crippen molar-refractivity contribution >= 4 is 29.3 Å². The van der Waals surface area contributed by atoms with Gasteiger partial charge in [-0.3, -0.25) is 4.99 Å². The number of hydrogen-bond acceptors (Lipinski definition) is 2. The second-order valence-corrected chi connectivity index (χ2v) is 10.8. The Morgan fingerprint density at radius 3 is 2.77 bits per heavy atom. The Morgan fingerprint density at radius 1 is 1.21 bits per heavy atom. The van der Waals surface area contributed by atoms with E-state index in [2.05, 4.69) is 126 Å². The van der Waals surface area contributed by atoms with E-state index in [4.69, 9.17) is 11.4 Å². The third kappa shape index (κ3) is 7.70. The second kappa shape index (κ2) is 14.8. The average Bonchev–Trinajstić information content (AvgIpc) is 3.36. The first-order valence-electron chi connectivity index (χ1n) is 14.8. The summed E-state index contributed by atoms with van der Waals surface area (Å²) in [6, 6.07) is 10.7. The van der Waals surface area contributed by atoms with E-state index in [1.165, 1.54) is 5.57 Å². The molecule has 0 amide bonds. The predicted molar refractivity (Wildman–Crippen MR) is 187 cm³/mol. The summed E-state index contributed by atoms with van der Waals surface area (Å²) in [7, 11) is 1.83. The van der Waals surface area contributed by atoms with Gasteiger partial charge in [-0.2, -0.15) is 0 Å². The number of unbranched alkanes of at least 4 members (excludes halogenated alkanes) is 1. The van der Waals surface area contributed by atoms with Gasteiger partial charge in [0, 0.05) is 37.5 Å². The molecule has 0 fully saturated rings. The quantitative estimate of drug-likeness (QED) is 0.160. The highest BCUT2D eigenvalue weighted by Crippen LogP contribution is 2.30. The number of aliphatic imine (C=N–C) groups is 2.